The molecule has 2 N–H and O–H groups in total. The molecule has 1 aromatic carbocycles. The van der Waals surface area contributed by atoms with Crippen LogP contribution in [0.15, 0.2) is 42.6 Å². The third-order valence-electron chi connectivity index (χ3n) is 7.13. The van der Waals surface area contributed by atoms with Crippen LogP contribution in [0.3, 0.4) is 0 Å². The number of rotatable bonds is 10. The second-order valence-electron chi connectivity index (χ2n) is 9.45. The molecule has 2 aliphatic carbocycles. The molecule has 6 heteroatoms. The van der Waals surface area contributed by atoms with Gasteiger partial charge in [-0.2, -0.15) is 0 Å². The van der Waals surface area contributed by atoms with Gasteiger partial charge < -0.3 is 15.4 Å². The van der Waals surface area contributed by atoms with Crippen molar-refractivity contribution >= 4 is 11.6 Å². The van der Waals surface area contributed by atoms with Gasteiger partial charge in [-0.15, -0.1) is 0 Å². The van der Waals surface area contributed by atoms with E-state index in [-0.39, 0.29) is 29.6 Å². The van der Waals surface area contributed by atoms with E-state index in [0.29, 0.717) is 18.4 Å². The molecule has 4 atom stereocenters. The van der Waals surface area contributed by atoms with Gasteiger partial charge in [0.25, 0.3) is 0 Å². The Morgan fingerprint density at radius 1 is 1.25 bits per heavy atom. The molecule has 2 aliphatic rings. The number of pyridine rings is 1. The molecule has 5 nitrogen and oxygen atoms in total. The number of anilines is 1. The van der Waals surface area contributed by atoms with Gasteiger partial charge in [0.15, 0.2) is 0 Å². The van der Waals surface area contributed by atoms with E-state index < -0.39 is 0 Å². The van der Waals surface area contributed by atoms with E-state index in [1.54, 1.807) is 6.07 Å². The van der Waals surface area contributed by atoms with Crippen molar-refractivity contribution in [2.45, 2.75) is 57.9 Å². The molecule has 1 aromatic heterocycles. The van der Waals surface area contributed by atoms with E-state index in [0.717, 1.165) is 36.6 Å². The van der Waals surface area contributed by atoms with E-state index in [4.69, 9.17) is 10.5 Å². The molecule has 2 fully saturated rings. The van der Waals surface area contributed by atoms with Crippen LogP contribution < -0.4 is 15.4 Å². The van der Waals surface area contributed by atoms with Crippen molar-refractivity contribution in [3.8, 4) is 5.75 Å². The molecule has 4 rings (SSSR count). The zero-order valence-corrected chi connectivity index (χ0v) is 19.0. The first-order valence-electron chi connectivity index (χ1n) is 11.9. The maximum Gasteiger partial charge on any atom is 0.230 e. The Bertz CT molecular complexity index is 898. The SMILES string of the molecule is CC[C@H](C)[C@H](N)CN(C(=O)C1CC1c1ccc(F)cn1)c1ccc(OCC2CCC2)cc1. The van der Waals surface area contributed by atoms with Gasteiger partial charge in [0.05, 0.1) is 12.8 Å². The van der Waals surface area contributed by atoms with Crippen LogP contribution >= 0.6 is 0 Å². The van der Waals surface area contributed by atoms with E-state index >= 15 is 0 Å². The Hall–Kier alpha value is -2.47. The number of halogens is 1. The first-order chi connectivity index (χ1) is 15.5. The fourth-order valence-corrected chi connectivity index (χ4v) is 4.21. The largest absolute Gasteiger partial charge is 0.493 e. The number of hydrogen-bond acceptors (Lipinski definition) is 4. The summed E-state index contributed by atoms with van der Waals surface area (Å²) in [4.78, 5) is 19.5. The lowest BCUT2D eigenvalue weighted by molar-refractivity contribution is -0.120. The fraction of sp³-hybridized carbons (Fsp3) is 0.538. The van der Waals surface area contributed by atoms with E-state index in [1.165, 1.54) is 31.5 Å². The molecular weight excluding hydrogens is 405 g/mol. The van der Waals surface area contributed by atoms with E-state index in [2.05, 4.69) is 18.8 Å². The zero-order chi connectivity index (χ0) is 22.7. The van der Waals surface area contributed by atoms with Gasteiger partial charge in [0.2, 0.25) is 5.91 Å². The van der Waals surface area contributed by atoms with Crippen molar-refractivity contribution < 1.29 is 13.9 Å². The van der Waals surface area contributed by atoms with Crippen LogP contribution in [0.4, 0.5) is 10.1 Å². The third-order valence-corrected chi connectivity index (χ3v) is 7.13. The predicted octanol–water partition coefficient (Wildman–Crippen LogP) is 4.91. The molecule has 172 valence electrons. The maximum atomic E-state index is 13.5. The predicted molar refractivity (Wildman–Crippen MR) is 124 cm³/mol. The molecule has 32 heavy (non-hydrogen) atoms. The number of amides is 1. The molecule has 1 heterocycles. The first-order valence-corrected chi connectivity index (χ1v) is 11.9. The Labute approximate surface area is 190 Å². The Kier molecular flexibility index (Phi) is 7.09. The number of carbonyl (C=O) groups is 1. The minimum atomic E-state index is -0.363. The van der Waals surface area contributed by atoms with Crippen molar-refractivity contribution in [3.63, 3.8) is 0 Å². The van der Waals surface area contributed by atoms with Crippen LogP contribution in [-0.4, -0.2) is 30.1 Å². The summed E-state index contributed by atoms with van der Waals surface area (Å²) in [5, 5.41) is 0. The third kappa shape index (κ3) is 5.29. The summed E-state index contributed by atoms with van der Waals surface area (Å²) in [6.07, 6.45) is 6.71. The molecule has 2 aromatic rings. The smallest absolute Gasteiger partial charge is 0.230 e. The number of aromatic nitrogens is 1. The average molecular weight is 440 g/mol. The van der Waals surface area contributed by atoms with Crippen molar-refractivity contribution in [1.82, 2.24) is 4.98 Å². The van der Waals surface area contributed by atoms with Gasteiger partial charge in [0.1, 0.15) is 11.6 Å². The Morgan fingerprint density at radius 2 is 2.00 bits per heavy atom. The quantitative estimate of drug-likeness (QED) is 0.571. The maximum absolute atomic E-state index is 13.5. The summed E-state index contributed by atoms with van der Waals surface area (Å²) < 4.78 is 19.1. The van der Waals surface area contributed by atoms with Crippen LogP contribution in [0, 0.1) is 23.6 Å². The standard InChI is InChI=1S/C26H34FN3O2/c1-3-17(2)24(28)15-30(20-8-10-21(11-9-20)32-16-18-5-4-6-18)26(31)23-13-22(23)25-12-7-19(27)14-29-25/h7-12,14,17-18,22-24H,3-6,13,15-16,28H2,1-2H3/t17-,22?,23?,24+/m0/s1. The number of ether oxygens (including phenoxy) is 1. The van der Waals surface area contributed by atoms with Gasteiger partial charge in [0, 0.05) is 35.8 Å². The number of carbonyl (C=O) groups excluding carboxylic acids is 1. The number of hydrogen-bond donors (Lipinski definition) is 1. The summed E-state index contributed by atoms with van der Waals surface area (Å²) in [7, 11) is 0. The molecular formula is C26H34FN3O2. The van der Waals surface area contributed by atoms with Gasteiger partial charge in [-0.1, -0.05) is 26.7 Å². The second-order valence-corrected chi connectivity index (χ2v) is 9.45. The van der Waals surface area contributed by atoms with Crippen LogP contribution in [-0.2, 0) is 4.79 Å². The normalized spacial score (nSPS) is 22.0. The van der Waals surface area contributed by atoms with Crippen LogP contribution in [0.5, 0.6) is 5.75 Å². The molecule has 1 amide bonds. The van der Waals surface area contributed by atoms with Crippen molar-refractivity contribution in [3.05, 3.63) is 54.1 Å². The highest BCUT2D eigenvalue weighted by atomic mass is 19.1. The monoisotopic (exact) mass is 439 g/mol. The lowest BCUT2D eigenvalue weighted by Crippen LogP contribution is -2.45. The molecule has 0 bridgehead atoms. The Morgan fingerprint density at radius 3 is 2.59 bits per heavy atom. The van der Waals surface area contributed by atoms with Gasteiger partial charge in [-0.25, -0.2) is 4.39 Å². The summed E-state index contributed by atoms with van der Waals surface area (Å²) >= 11 is 0. The van der Waals surface area contributed by atoms with Crippen LogP contribution in [0.1, 0.15) is 57.6 Å². The molecule has 2 unspecified atom stereocenters. The molecule has 0 aliphatic heterocycles. The molecule has 0 radical (unpaired) electrons. The average Bonchev–Trinajstić information content (AvgIpc) is 3.57. The summed E-state index contributed by atoms with van der Waals surface area (Å²) in [5.74, 6) is 1.40. The number of nitrogens with two attached hydrogens (primary N) is 1. The number of nitrogens with zero attached hydrogens (tertiary/aromatic N) is 2. The highest BCUT2D eigenvalue weighted by Gasteiger charge is 2.47. The highest BCUT2D eigenvalue weighted by molar-refractivity contribution is 5.97. The topological polar surface area (TPSA) is 68.5 Å². The molecule has 0 saturated heterocycles. The lowest BCUT2D eigenvalue weighted by atomic mass is 9.86. The minimum Gasteiger partial charge on any atom is -0.493 e. The second kappa shape index (κ2) is 9.99. The van der Waals surface area contributed by atoms with Crippen molar-refractivity contribution in [1.29, 1.82) is 0 Å². The fourth-order valence-electron chi connectivity index (χ4n) is 4.21. The van der Waals surface area contributed by atoms with Crippen LogP contribution in [0.2, 0.25) is 0 Å². The molecule has 0 spiro atoms. The molecule has 2 saturated carbocycles. The van der Waals surface area contributed by atoms with E-state index in [9.17, 15) is 9.18 Å². The van der Waals surface area contributed by atoms with E-state index in [1.807, 2.05) is 29.2 Å². The number of benzene rings is 1. The van der Waals surface area contributed by atoms with Gasteiger partial charge >= 0.3 is 0 Å². The van der Waals surface area contributed by atoms with Crippen molar-refractivity contribution in [2.24, 2.45) is 23.5 Å². The summed E-state index contributed by atoms with van der Waals surface area (Å²) in [6, 6.07) is 10.7. The Balaban J connectivity index is 1.46. The first kappa shape index (κ1) is 22.7. The summed E-state index contributed by atoms with van der Waals surface area (Å²) in [6.45, 7) is 5.46. The highest BCUT2D eigenvalue weighted by Crippen LogP contribution is 2.48. The van der Waals surface area contributed by atoms with Crippen molar-refractivity contribution in [2.75, 3.05) is 18.1 Å². The zero-order valence-electron chi connectivity index (χ0n) is 19.0. The lowest BCUT2D eigenvalue weighted by Gasteiger charge is -2.29. The summed E-state index contributed by atoms with van der Waals surface area (Å²) in [5.41, 5.74) is 8.06. The van der Waals surface area contributed by atoms with Gasteiger partial charge in [-0.05, 0) is 67.5 Å². The minimum absolute atomic E-state index is 0.0375. The van der Waals surface area contributed by atoms with Crippen LogP contribution in [0.25, 0.3) is 0 Å². The van der Waals surface area contributed by atoms with Gasteiger partial charge in [-0.3, -0.25) is 9.78 Å².